The summed E-state index contributed by atoms with van der Waals surface area (Å²) in [6.07, 6.45) is 5.84. The maximum Gasteiger partial charge on any atom is 0.277 e. The lowest BCUT2D eigenvalue weighted by atomic mass is 10.1. The van der Waals surface area contributed by atoms with E-state index in [0.29, 0.717) is 23.7 Å². The number of nitrogens with zero attached hydrogens (tertiary/aromatic N) is 1. The minimum Gasteiger partial charge on any atom is -0.493 e. The number of nitro groups is 1. The number of methoxy groups -OCH3 is 1. The third-order valence-corrected chi connectivity index (χ3v) is 3.09. The number of nitro benzene ring substituents is 1. The van der Waals surface area contributed by atoms with Gasteiger partial charge in [0.15, 0.2) is 11.5 Å². The molecule has 0 bridgehead atoms. The Morgan fingerprint density at radius 2 is 2.10 bits per heavy atom. The van der Waals surface area contributed by atoms with Gasteiger partial charge in [-0.1, -0.05) is 6.08 Å². The second-order valence-electron chi connectivity index (χ2n) is 4.58. The first-order chi connectivity index (χ1) is 10.1. The van der Waals surface area contributed by atoms with Gasteiger partial charge in [-0.2, -0.15) is 0 Å². The van der Waals surface area contributed by atoms with Crippen LogP contribution in [0, 0.1) is 10.1 Å². The van der Waals surface area contributed by atoms with Gasteiger partial charge in [-0.25, -0.2) is 0 Å². The Balaban J connectivity index is 2.73. The average Bonchev–Trinajstić information content (AvgIpc) is 2.49. The second-order valence-corrected chi connectivity index (χ2v) is 4.58. The lowest BCUT2D eigenvalue weighted by Crippen LogP contribution is -2.05. The fraction of sp³-hybridized carbons (Fsp3) is 0.467. The van der Waals surface area contributed by atoms with Crippen LogP contribution in [0.15, 0.2) is 24.8 Å². The van der Waals surface area contributed by atoms with Gasteiger partial charge < -0.3 is 15.2 Å². The van der Waals surface area contributed by atoms with Gasteiger partial charge in [-0.15, -0.1) is 6.58 Å². The Kier molecular flexibility index (Phi) is 7.25. The van der Waals surface area contributed by atoms with Gasteiger partial charge >= 0.3 is 0 Å². The summed E-state index contributed by atoms with van der Waals surface area (Å²) in [6, 6.07) is 2.94. The molecule has 1 rings (SSSR count). The molecule has 0 radical (unpaired) electrons. The Morgan fingerprint density at radius 1 is 1.33 bits per heavy atom. The van der Waals surface area contributed by atoms with Gasteiger partial charge in [0.05, 0.1) is 24.7 Å². The van der Waals surface area contributed by atoms with E-state index in [1.165, 1.54) is 13.2 Å². The standard InChI is InChI=1S/C15H22N2O4/c1-3-4-5-6-7-8-21-15-10-13(17(18)19)12(11-16)9-14(15)20-2/h3,9-10H,1,4-8,11,16H2,2H3. The number of rotatable bonds is 10. The van der Waals surface area contributed by atoms with E-state index in [1.54, 1.807) is 6.07 Å². The van der Waals surface area contributed by atoms with Crippen molar-refractivity contribution in [2.75, 3.05) is 13.7 Å². The molecule has 0 saturated heterocycles. The van der Waals surface area contributed by atoms with Crippen LogP contribution in [-0.2, 0) is 6.54 Å². The van der Waals surface area contributed by atoms with Gasteiger partial charge in [0.25, 0.3) is 5.69 Å². The molecule has 6 nitrogen and oxygen atoms in total. The average molecular weight is 294 g/mol. The highest BCUT2D eigenvalue weighted by Gasteiger charge is 2.18. The molecule has 0 heterocycles. The van der Waals surface area contributed by atoms with E-state index in [2.05, 4.69) is 6.58 Å². The zero-order chi connectivity index (χ0) is 15.7. The third-order valence-electron chi connectivity index (χ3n) is 3.09. The van der Waals surface area contributed by atoms with Crippen molar-refractivity contribution in [3.63, 3.8) is 0 Å². The molecule has 0 amide bonds. The lowest BCUT2D eigenvalue weighted by molar-refractivity contribution is -0.385. The predicted octanol–water partition coefficient (Wildman–Crippen LogP) is 3.19. The first-order valence-electron chi connectivity index (χ1n) is 6.93. The molecule has 1 aromatic rings. The SMILES string of the molecule is C=CCCCCCOc1cc([N+](=O)[O-])c(CN)cc1OC. The zero-order valence-corrected chi connectivity index (χ0v) is 12.3. The normalized spacial score (nSPS) is 10.2. The highest BCUT2D eigenvalue weighted by molar-refractivity contribution is 5.54. The van der Waals surface area contributed by atoms with Crippen molar-refractivity contribution < 1.29 is 14.4 Å². The summed E-state index contributed by atoms with van der Waals surface area (Å²) in [5, 5.41) is 11.0. The molecular formula is C15H22N2O4. The number of nitrogens with two attached hydrogens (primary N) is 1. The van der Waals surface area contributed by atoms with Gasteiger partial charge in [0.2, 0.25) is 0 Å². The van der Waals surface area contributed by atoms with Gasteiger partial charge in [0.1, 0.15) is 0 Å². The molecule has 0 fully saturated rings. The molecule has 0 atom stereocenters. The largest absolute Gasteiger partial charge is 0.493 e. The Labute approximate surface area is 124 Å². The van der Waals surface area contributed by atoms with Crippen molar-refractivity contribution in [1.82, 2.24) is 0 Å². The van der Waals surface area contributed by atoms with Crippen LogP contribution in [0.1, 0.15) is 31.2 Å². The van der Waals surface area contributed by atoms with Crippen molar-refractivity contribution in [2.24, 2.45) is 5.73 Å². The van der Waals surface area contributed by atoms with E-state index < -0.39 is 4.92 Å². The Morgan fingerprint density at radius 3 is 2.67 bits per heavy atom. The summed E-state index contributed by atoms with van der Waals surface area (Å²) in [7, 11) is 1.50. The predicted molar refractivity (Wildman–Crippen MR) is 81.7 cm³/mol. The van der Waals surface area contributed by atoms with Crippen LogP contribution < -0.4 is 15.2 Å². The number of unbranched alkanes of at least 4 members (excludes halogenated alkanes) is 3. The van der Waals surface area contributed by atoms with Crippen LogP contribution in [0.25, 0.3) is 0 Å². The van der Waals surface area contributed by atoms with Gasteiger partial charge in [-0.05, 0) is 31.7 Å². The van der Waals surface area contributed by atoms with E-state index in [-0.39, 0.29) is 12.2 Å². The molecule has 0 aliphatic heterocycles. The molecule has 6 heteroatoms. The molecule has 0 spiro atoms. The van der Waals surface area contributed by atoms with Crippen molar-refractivity contribution in [3.8, 4) is 11.5 Å². The second kappa shape index (κ2) is 8.97. The van der Waals surface area contributed by atoms with Crippen molar-refractivity contribution in [1.29, 1.82) is 0 Å². The number of allylic oxidation sites excluding steroid dienone is 1. The minimum absolute atomic E-state index is 0.0417. The maximum atomic E-state index is 11.0. The molecule has 2 N–H and O–H groups in total. The Hall–Kier alpha value is -2.08. The number of benzene rings is 1. The van der Waals surface area contributed by atoms with E-state index in [1.807, 2.05) is 6.08 Å². The van der Waals surface area contributed by atoms with Crippen molar-refractivity contribution in [2.45, 2.75) is 32.2 Å². The molecule has 0 unspecified atom stereocenters. The number of ether oxygens (including phenoxy) is 2. The van der Waals surface area contributed by atoms with Crippen molar-refractivity contribution in [3.05, 3.63) is 40.5 Å². The lowest BCUT2D eigenvalue weighted by Gasteiger charge is -2.12. The highest BCUT2D eigenvalue weighted by Crippen LogP contribution is 2.34. The number of hydrogen-bond donors (Lipinski definition) is 1. The Bertz CT molecular complexity index is 489. The topological polar surface area (TPSA) is 87.6 Å². The molecule has 0 saturated carbocycles. The third kappa shape index (κ3) is 5.07. The molecule has 0 aromatic heterocycles. The van der Waals surface area contributed by atoms with E-state index in [4.69, 9.17) is 15.2 Å². The highest BCUT2D eigenvalue weighted by atomic mass is 16.6. The molecule has 116 valence electrons. The minimum atomic E-state index is -0.460. The van der Waals surface area contributed by atoms with E-state index >= 15 is 0 Å². The molecule has 0 aliphatic rings. The molecule has 21 heavy (non-hydrogen) atoms. The number of hydrogen-bond acceptors (Lipinski definition) is 5. The maximum absolute atomic E-state index is 11.0. The van der Waals surface area contributed by atoms with Crippen LogP contribution in [0.4, 0.5) is 5.69 Å². The fourth-order valence-corrected chi connectivity index (χ4v) is 1.95. The molecule has 1 aromatic carbocycles. The first kappa shape index (κ1) is 17.0. The summed E-state index contributed by atoms with van der Waals surface area (Å²) in [5.74, 6) is 0.845. The molecular weight excluding hydrogens is 272 g/mol. The smallest absolute Gasteiger partial charge is 0.277 e. The van der Waals surface area contributed by atoms with Crippen LogP contribution in [0.3, 0.4) is 0 Å². The summed E-state index contributed by atoms with van der Waals surface area (Å²) in [4.78, 5) is 10.6. The quantitative estimate of drug-likeness (QED) is 0.310. The van der Waals surface area contributed by atoms with Crippen LogP contribution in [0.2, 0.25) is 0 Å². The monoisotopic (exact) mass is 294 g/mol. The summed E-state index contributed by atoms with van der Waals surface area (Å²) in [6.45, 7) is 4.24. The fourth-order valence-electron chi connectivity index (χ4n) is 1.95. The van der Waals surface area contributed by atoms with Crippen LogP contribution in [0.5, 0.6) is 11.5 Å². The van der Waals surface area contributed by atoms with E-state index in [9.17, 15) is 10.1 Å². The van der Waals surface area contributed by atoms with Crippen LogP contribution in [-0.4, -0.2) is 18.6 Å². The summed E-state index contributed by atoms with van der Waals surface area (Å²) < 4.78 is 10.8. The van der Waals surface area contributed by atoms with Crippen molar-refractivity contribution >= 4 is 5.69 Å². The first-order valence-corrected chi connectivity index (χ1v) is 6.93. The van der Waals surface area contributed by atoms with Crippen LogP contribution >= 0.6 is 0 Å². The summed E-state index contributed by atoms with van der Waals surface area (Å²) >= 11 is 0. The van der Waals surface area contributed by atoms with E-state index in [0.717, 1.165) is 25.7 Å². The zero-order valence-electron chi connectivity index (χ0n) is 12.3. The molecule has 0 aliphatic carbocycles. The summed E-state index contributed by atoms with van der Waals surface area (Å²) in [5.41, 5.74) is 5.91. The van der Waals surface area contributed by atoms with Gasteiger partial charge in [-0.3, -0.25) is 10.1 Å². The van der Waals surface area contributed by atoms with Gasteiger partial charge in [0, 0.05) is 12.1 Å².